The highest BCUT2D eigenvalue weighted by molar-refractivity contribution is 6.05. The van der Waals surface area contributed by atoms with Gasteiger partial charge in [-0.25, -0.2) is 4.39 Å². The van der Waals surface area contributed by atoms with Crippen molar-refractivity contribution in [2.24, 2.45) is 0 Å². The summed E-state index contributed by atoms with van der Waals surface area (Å²) in [6.07, 6.45) is 0. The summed E-state index contributed by atoms with van der Waals surface area (Å²) in [4.78, 5) is 27.8. The molecule has 0 radical (unpaired) electrons. The number of methoxy groups -OCH3 is 2. The summed E-state index contributed by atoms with van der Waals surface area (Å²) in [5, 5.41) is 9.71. The van der Waals surface area contributed by atoms with Gasteiger partial charge in [0, 0.05) is 54.3 Å². The van der Waals surface area contributed by atoms with Crippen LogP contribution in [0, 0.1) is 12.7 Å². The SMILES string of the molecule is COc1cc(CNC(=O)c2cc(-c3cc(NC(=O)c4cc(F)cc(N5CCOCC5)c4)ccc3C)no2)cc(OC)c1. The Bertz CT molecular complexity index is 1580. The highest BCUT2D eigenvalue weighted by Crippen LogP contribution is 2.28. The van der Waals surface area contributed by atoms with E-state index >= 15 is 0 Å². The Kier molecular flexibility index (Phi) is 8.68. The van der Waals surface area contributed by atoms with Gasteiger partial charge in [-0.15, -0.1) is 0 Å². The van der Waals surface area contributed by atoms with Crippen molar-refractivity contribution in [1.29, 1.82) is 0 Å². The van der Waals surface area contributed by atoms with Crippen molar-refractivity contribution in [2.75, 3.05) is 50.7 Å². The lowest BCUT2D eigenvalue weighted by Crippen LogP contribution is -2.36. The fraction of sp³-hybridized carbons (Fsp3) is 0.258. The van der Waals surface area contributed by atoms with Crippen LogP contribution in [0.5, 0.6) is 11.5 Å². The van der Waals surface area contributed by atoms with Crippen LogP contribution in [0.4, 0.5) is 15.8 Å². The molecule has 2 heterocycles. The van der Waals surface area contributed by atoms with Crippen molar-refractivity contribution in [3.8, 4) is 22.8 Å². The van der Waals surface area contributed by atoms with Gasteiger partial charge in [-0.3, -0.25) is 9.59 Å². The standard InChI is InChI=1S/C31H31FN4O6/c1-19-4-5-23(34-30(37)21-12-22(32)14-24(13-21)36-6-8-41-9-7-36)15-27(19)28-17-29(42-35-28)31(38)33-18-20-10-25(39-2)16-26(11-20)40-3/h4-5,10-17H,6-9,18H2,1-3H3,(H,33,38)(H,34,37). The van der Waals surface area contributed by atoms with Gasteiger partial charge in [-0.1, -0.05) is 11.2 Å². The van der Waals surface area contributed by atoms with Gasteiger partial charge in [0.1, 0.15) is 23.0 Å². The van der Waals surface area contributed by atoms with E-state index in [1.807, 2.05) is 17.9 Å². The fourth-order valence-electron chi connectivity index (χ4n) is 4.64. The number of hydrogen-bond donors (Lipinski definition) is 2. The number of halogens is 1. The maximum atomic E-state index is 14.4. The molecule has 5 rings (SSSR count). The zero-order chi connectivity index (χ0) is 29.6. The van der Waals surface area contributed by atoms with E-state index in [0.29, 0.717) is 60.4 Å². The van der Waals surface area contributed by atoms with Gasteiger partial charge >= 0.3 is 0 Å². The summed E-state index contributed by atoms with van der Waals surface area (Å²) >= 11 is 0. The summed E-state index contributed by atoms with van der Waals surface area (Å²) in [7, 11) is 3.11. The van der Waals surface area contributed by atoms with Gasteiger partial charge in [0.2, 0.25) is 5.76 Å². The molecule has 1 aliphatic heterocycles. The van der Waals surface area contributed by atoms with E-state index in [0.717, 1.165) is 11.1 Å². The lowest BCUT2D eigenvalue weighted by molar-refractivity contribution is 0.0913. The van der Waals surface area contributed by atoms with E-state index in [1.54, 1.807) is 50.6 Å². The maximum Gasteiger partial charge on any atom is 0.290 e. The minimum Gasteiger partial charge on any atom is -0.497 e. The molecule has 3 aromatic carbocycles. The van der Waals surface area contributed by atoms with Crippen LogP contribution in [-0.2, 0) is 11.3 Å². The molecule has 0 bridgehead atoms. The van der Waals surface area contributed by atoms with E-state index in [4.69, 9.17) is 18.7 Å². The van der Waals surface area contributed by atoms with E-state index in [9.17, 15) is 14.0 Å². The van der Waals surface area contributed by atoms with Crippen molar-refractivity contribution >= 4 is 23.2 Å². The van der Waals surface area contributed by atoms with Crippen LogP contribution in [0.3, 0.4) is 0 Å². The highest BCUT2D eigenvalue weighted by Gasteiger charge is 2.18. The molecule has 10 nitrogen and oxygen atoms in total. The van der Waals surface area contributed by atoms with E-state index in [1.165, 1.54) is 18.2 Å². The van der Waals surface area contributed by atoms with Crippen molar-refractivity contribution in [2.45, 2.75) is 13.5 Å². The molecule has 1 saturated heterocycles. The van der Waals surface area contributed by atoms with Crippen LogP contribution < -0.4 is 25.0 Å². The third-order valence-corrected chi connectivity index (χ3v) is 6.89. The molecule has 0 unspecified atom stereocenters. The topological polar surface area (TPSA) is 115 Å². The van der Waals surface area contributed by atoms with E-state index in [-0.39, 0.29) is 17.9 Å². The van der Waals surface area contributed by atoms with Crippen LogP contribution in [0.15, 0.2) is 65.2 Å². The molecule has 11 heteroatoms. The number of anilines is 2. The first-order chi connectivity index (χ1) is 20.3. The number of morpholine rings is 1. The van der Waals surface area contributed by atoms with Crippen molar-refractivity contribution in [3.63, 3.8) is 0 Å². The number of aryl methyl sites for hydroxylation is 1. The van der Waals surface area contributed by atoms with Crippen LogP contribution >= 0.6 is 0 Å². The van der Waals surface area contributed by atoms with Crippen LogP contribution in [0.2, 0.25) is 0 Å². The second kappa shape index (κ2) is 12.7. The molecule has 2 N–H and O–H groups in total. The first-order valence-electron chi connectivity index (χ1n) is 13.4. The molecule has 1 aromatic heterocycles. The van der Waals surface area contributed by atoms with Crippen molar-refractivity contribution < 1.29 is 32.7 Å². The predicted molar refractivity (Wildman–Crippen MR) is 155 cm³/mol. The van der Waals surface area contributed by atoms with Crippen LogP contribution in [0.25, 0.3) is 11.3 Å². The van der Waals surface area contributed by atoms with Gasteiger partial charge in [-0.05, 0) is 60.5 Å². The molecule has 2 amide bonds. The zero-order valence-corrected chi connectivity index (χ0v) is 23.5. The Hall–Kier alpha value is -4.90. The number of carbonyl (C=O) groups is 2. The molecule has 0 spiro atoms. The minimum atomic E-state index is -0.493. The summed E-state index contributed by atoms with van der Waals surface area (Å²) < 4.78 is 35.7. The summed E-state index contributed by atoms with van der Waals surface area (Å²) in [6, 6.07) is 16.5. The molecular formula is C31H31FN4O6. The van der Waals surface area contributed by atoms with Crippen molar-refractivity contribution in [3.05, 3.63) is 88.9 Å². The number of ether oxygens (including phenoxy) is 3. The maximum absolute atomic E-state index is 14.4. The third-order valence-electron chi connectivity index (χ3n) is 6.89. The van der Waals surface area contributed by atoms with Crippen LogP contribution in [0.1, 0.15) is 32.0 Å². The lowest BCUT2D eigenvalue weighted by atomic mass is 10.0. The van der Waals surface area contributed by atoms with Gasteiger partial charge in [0.25, 0.3) is 11.8 Å². The number of aromatic nitrogens is 1. The van der Waals surface area contributed by atoms with E-state index in [2.05, 4.69) is 15.8 Å². The molecule has 218 valence electrons. The number of nitrogens with zero attached hydrogens (tertiary/aromatic N) is 2. The Morgan fingerprint density at radius 2 is 1.69 bits per heavy atom. The van der Waals surface area contributed by atoms with Gasteiger partial charge in [0.15, 0.2) is 0 Å². The molecular weight excluding hydrogens is 543 g/mol. The van der Waals surface area contributed by atoms with Crippen molar-refractivity contribution in [1.82, 2.24) is 10.5 Å². The number of rotatable bonds is 9. The van der Waals surface area contributed by atoms with Crippen LogP contribution in [-0.4, -0.2) is 57.5 Å². The first-order valence-corrected chi connectivity index (χ1v) is 13.4. The molecule has 0 saturated carbocycles. The highest BCUT2D eigenvalue weighted by atomic mass is 19.1. The Morgan fingerprint density at radius 1 is 0.952 bits per heavy atom. The quantitative estimate of drug-likeness (QED) is 0.292. The number of benzene rings is 3. The fourth-order valence-corrected chi connectivity index (χ4v) is 4.64. The minimum absolute atomic E-state index is 0.0316. The average Bonchev–Trinajstić information content (AvgIpc) is 3.51. The Balaban J connectivity index is 1.28. The molecule has 1 aliphatic rings. The largest absolute Gasteiger partial charge is 0.497 e. The smallest absolute Gasteiger partial charge is 0.290 e. The molecule has 0 atom stereocenters. The number of hydrogen-bond acceptors (Lipinski definition) is 8. The normalized spacial score (nSPS) is 13.0. The predicted octanol–water partition coefficient (Wildman–Crippen LogP) is 4.83. The molecule has 0 aliphatic carbocycles. The Morgan fingerprint density at radius 3 is 2.40 bits per heavy atom. The molecule has 1 fully saturated rings. The number of amides is 2. The summed E-state index contributed by atoms with van der Waals surface area (Å²) in [5.74, 6) is -0.138. The van der Waals surface area contributed by atoms with Gasteiger partial charge < -0.3 is 34.3 Å². The first kappa shape index (κ1) is 28.6. The monoisotopic (exact) mass is 574 g/mol. The lowest BCUT2D eigenvalue weighted by Gasteiger charge is -2.29. The summed E-state index contributed by atoms with van der Waals surface area (Å²) in [5.41, 5.74) is 4.06. The number of carbonyl (C=O) groups excluding carboxylic acids is 2. The average molecular weight is 575 g/mol. The van der Waals surface area contributed by atoms with Gasteiger partial charge in [-0.2, -0.15) is 0 Å². The Labute approximate surface area is 242 Å². The second-order valence-electron chi connectivity index (χ2n) is 9.76. The second-order valence-corrected chi connectivity index (χ2v) is 9.76. The molecule has 4 aromatic rings. The summed E-state index contributed by atoms with van der Waals surface area (Å²) in [6.45, 7) is 4.45. The third kappa shape index (κ3) is 6.69. The van der Waals surface area contributed by atoms with Gasteiger partial charge in [0.05, 0.1) is 27.4 Å². The number of nitrogens with one attached hydrogen (secondary N) is 2. The van der Waals surface area contributed by atoms with E-state index < -0.39 is 17.6 Å². The molecule has 42 heavy (non-hydrogen) atoms. The zero-order valence-electron chi connectivity index (χ0n) is 23.5.